The molecule has 1 atom stereocenters. The Labute approximate surface area is 118 Å². The predicted molar refractivity (Wildman–Crippen MR) is 71.3 cm³/mol. The van der Waals surface area contributed by atoms with Gasteiger partial charge in [-0.25, -0.2) is 4.39 Å². The van der Waals surface area contributed by atoms with E-state index in [-0.39, 0.29) is 12.2 Å². The lowest BCUT2D eigenvalue weighted by Crippen LogP contribution is -2.06. The number of hydrogen-bond donors (Lipinski definition) is 1. The summed E-state index contributed by atoms with van der Waals surface area (Å²) in [6.45, 7) is 0. The summed E-state index contributed by atoms with van der Waals surface area (Å²) in [5, 5.41) is 17.7. The summed E-state index contributed by atoms with van der Waals surface area (Å²) in [6, 6.07) is 7.59. The van der Waals surface area contributed by atoms with Crippen LogP contribution in [-0.4, -0.2) is 22.4 Å². The molecular formula is C13H12BrFN2O2. The van der Waals surface area contributed by atoms with E-state index in [1.54, 1.807) is 18.2 Å². The van der Waals surface area contributed by atoms with E-state index in [9.17, 15) is 9.50 Å². The van der Waals surface area contributed by atoms with Crippen LogP contribution in [0.15, 0.2) is 34.8 Å². The Balaban J connectivity index is 2.15. The van der Waals surface area contributed by atoms with Gasteiger partial charge >= 0.3 is 0 Å². The number of ether oxygens (including phenoxy) is 1. The van der Waals surface area contributed by atoms with Crippen LogP contribution in [0.3, 0.4) is 0 Å². The number of rotatable bonds is 4. The van der Waals surface area contributed by atoms with Gasteiger partial charge in [-0.15, -0.1) is 10.2 Å². The highest BCUT2D eigenvalue weighted by atomic mass is 79.9. The van der Waals surface area contributed by atoms with E-state index in [0.29, 0.717) is 17.1 Å². The molecule has 2 rings (SSSR count). The van der Waals surface area contributed by atoms with Crippen molar-refractivity contribution in [3.63, 3.8) is 0 Å². The summed E-state index contributed by atoms with van der Waals surface area (Å²) in [4.78, 5) is 0. The Morgan fingerprint density at radius 3 is 2.74 bits per heavy atom. The molecule has 1 unspecified atom stereocenters. The standard InChI is InChI=1S/C13H12BrFN2O2/c1-19-13-5-4-11(16-17-13)12(18)7-8-6-9(15)2-3-10(8)14/h2-6,12,18H,7H2,1H3. The van der Waals surface area contributed by atoms with Crippen molar-refractivity contribution in [3.8, 4) is 5.88 Å². The fourth-order valence-electron chi connectivity index (χ4n) is 1.63. The molecule has 0 fully saturated rings. The van der Waals surface area contributed by atoms with Gasteiger partial charge in [0, 0.05) is 17.0 Å². The van der Waals surface area contributed by atoms with Crippen LogP contribution in [0.5, 0.6) is 5.88 Å². The quantitative estimate of drug-likeness (QED) is 0.938. The first-order valence-corrected chi connectivity index (χ1v) is 6.39. The van der Waals surface area contributed by atoms with Crippen LogP contribution >= 0.6 is 15.9 Å². The summed E-state index contributed by atoms with van der Waals surface area (Å²) < 4.78 is 18.8. The normalized spacial score (nSPS) is 12.2. The zero-order valence-corrected chi connectivity index (χ0v) is 11.8. The fraction of sp³-hybridized carbons (Fsp3) is 0.231. The van der Waals surface area contributed by atoms with Crippen LogP contribution in [-0.2, 0) is 6.42 Å². The molecule has 0 aliphatic rings. The SMILES string of the molecule is COc1ccc(C(O)Cc2cc(F)ccc2Br)nn1. The van der Waals surface area contributed by atoms with E-state index in [4.69, 9.17) is 4.74 Å². The average Bonchev–Trinajstić information content (AvgIpc) is 2.43. The number of benzene rings is 1. The number of methoxy groups -OCH3 is 1. The highest BCUT2D eigenvalue weighted by molar-refractivity contribution is 9.10. The van der Waals surface area contributed by atoms with E-state index >= 15 is 0 Å². The van der Waals surface area contributed by atoms with Gasteiger partial charge in [-0.3, -0.25) is 0 Å². The van der Waals surface area contributed by atoms with E-state index < -0.39 is 6.10 Å². The molecule has 0 aliphatic carbocycles. The minimum Gasteiger partial charge on any atom is -0.480 e. The molecule has 6 heteroatoms. The highest BCUT2D eigenvalue weighted by Gasteiger charge is 2.13. The second-order valence-electron chi connectivity index (χ2n) is 3.96. The van der Waals surface area contributed by atoms with Crippen molar-refractivity contribution in [2.45, 2.75) is 12.5 Å². The lowest BCUT2D eigenvalue weighted by atomic mass is 10.1. The zero-order valence-electron chi connectivity index (χ0n) is 10.2. The maximum atomic E-state index is 13.2. The smallest absolute Gasteiger partial charge is 0.233 e. The summed E-state index contributed by atoms with van der Waals surface area (Å²) in [5.74, 6) is 0.0362. The van der Waals surface area contributed by atoms with Crippen molar-refractivity contribution in [3.05, 3.63) is 51.9 Å². The first kappa shape index (κ1) is 13.9. The minimum atomic E-state index is -0.850. The second kappa shape index (κ2) is 6.08. The molecule has 1 N–H and O–H groups in total. The van der Waals surface area contributed by atoms with Crippen LogP contribution in [0.1, 0.15) is 17.4 Å². The molecule has 0 amide bonds. The zero-order chi connectivity index (χ0) is 13.8. The minimum absolute atomic E-state index is 0.249. The van der Waals surface area contributed by atoms with Crippen LogP contribution in [0.4, 0.5) is 4.39 Å². The van der Waals surface area contributed by atoms with Gasteiger partial charge in [-0.1, -0.05) is 15.9 Å². The molecule has 0 saturated carbocycles. The van der Waals surface area contributed by atoms with Crippen LogP contribution in [0, 0.1) is 5.82 Å². The number of halogens is 2. The number of aliphatic hydroxyl groups is 1. The maximum absolute atomic E-state index is 13.2. The third-order valence-electron chi connectivity index (χ3n) is 2.63. The molecular weight excluding hydrogens is 315 g/mol. The van der Waals surface area contributed by atoms with Crippen molar-refractivity contribution in [1.29, 1.82) is 0 Å². The summed E-state index contributed by atoms with van der Waals surface area (Å²) >= 11 is 3.32. The average molecular weight is 327 g/mol. The van der Waals surface area contributed by atoms with Gasteiger partial charge in [0.25, 0.3) is 0 Å². The monoisotopic (exact) mass is 326 g/mol. The maximum Gasteiger partial charge on any atom is 0.233 e. The van der Waals surface area contributed by atoms with Crippen molar-refractivity contribution < 1.29 is 14.2 Å². The molecule has 4 nitrogen and oxygen atoms in total. The molecule has 0 saturated heterocycles. The Morgan fingerprint density at radius 2 is 2.11 bits per heavy atom. The Hall–Kier alpha value is -1.53. The number of hydrogen-bond acceptors (Lipinski definition) is 4. The lowest BCUT2D eigenvalue weighted by Gasteiger charge is -2.11. The van der Waals surface area contributed by atoms with E-state index in [1.165, 1.54) is 19.2 Å². The Kier molecular flexibility index (Phi) is 4.44. The summed E-state index contributed by atoms with van der Waals surface area (Å²) in [5.41, 5.74) is 1.09. The second-order valence-corrected chi connectivity index (χ2v) is 4.81. The lowest BCUT2D eigenvalue weighted by molar-refractivity contribution is 0.171. The molecule has 1 heterocycles. The highest BCUT2D eigenvalue weighted by Crippen LogP contribution is 2.24. The molecule has 0 spiro atoms. The van der Waals surface area contributed by atoms with Gasteiger partial charge in [0.05, 0.1) is 12.8 Å². The number of nitrogens with zero attached hydrogens (tertiary/aromatic N) is 2. The molecule has 0 aliphatic heterocycles. The molecule has 1 aromatic heterocycles. The molecule has 2 aromatic rings. The fourth-order valence-corrected chi connectivity index (χ4v) is 2.04. The van der Waals surface area contributed by atoms with E-state index in [0.717, 1.165) is 4.47 Å². The first-order chi connectivity index (χ1) is 9.10. The van der Waals surface area contributed by atoms with Gasteiger partial charge < -0.3 is 9.84 Å². The summed E-state index contributed by atoms with van der Waals surface area (Å²) in [7, 11) is 1.49. The topological polar surface area (TPSA) is 55.2 Å². The summed E-state index contributed by atoms with van der Waals surface area (Å²) in [6.07, 6.45) is -0.601. The first-order valence-electron chi connectivity index (χ1n) is 5.59. The van der Waals surface area contributed by atoms with Gasteiger partial charge in [0.1, 0.15) is 11.9 Å². The van der Waals surface area contributed by atoms with Gasteiger partial charge in [-0.2, -0.15) is 0 Å². The predicted octanol–water partition coefficient (Wildman–Crippen LogP) is 2.66. The van der Waals surface area contributed by atoms with E-state index in [1.807, 2.05) is 0 Å². The van der Waals surface area contributed by atoms with E-state index in [2.05, 4.69) is 26.1 Å². The van der Waals surface area contributed by atoms with Crippen LogP contribution in [0.25, 0.3) is 0 Å². The van der Waals surface area contributed by atoms with Crippen LogP contribution < -0.4 is 4.74 Å². The largest absolute Gasteiger partial charge is 0.480 e. The molecule has 19 heavy (non-hydrogen) atoms. The van der Waals surface area contributed by atoms with Crippen molar-refractivity contribution in [1.82, 2.24) is 10.2 Å². The Bertz CT molecular complexity index is 563. The van der Waals surface area contributed by atoms with Crippen molar-refractivity contribution in [2.24, 2.45) is 0 Å². The molecule has 100 valence electrons. The van der Waals surface area contributed by atoms with Crippen molar-refractivity contribution in [2.75, 3.05) is 7.11 Å². The number of aliphatic hydroxyl groups excluding tert-OH is 1. The molecule has 0 radical (unpaired) electrons. The third kappa shape index (κ3) is 3.48. The van der Waals surface area contributed by atoms with Crippen molar-refractivity contribution >= 4 is 15.9 Å². The third-order valence-corrected chi connectivity index (χ3v) is 3.41. The molecule has 0 bridgehead atoms. The van der Waals surface area contributed by atoms with Gasteiger partial charge in [-0.05, 0) is 29.8 Å². The number of aromatic nitrogens is 2. The van der Waals surface area contributed by atoms with Gasteiger partial charge in [0.15, 0.2) is 0 Å². The Morgan fingerprint density at radius 1 is 1.32 bits per heavy atom. The molecule has 1 aromatic carbocycles. The van der Waals surface area contributed by atoms with Gasteiger partial charge in [0.2, 0.25) is 5.88 Å². The van der Waals surface area contributed by atoms with Crippen LogP contribution in [0.2, 0.25) is 0 Å².